The maximum Gasteiger partial charge on any atom is 0.337 e. The molecule has 0 unspecified atom stereocenters. The number of benzene rings is 1. The molecule has 23 heavy (non-hydrogen) atoms. The molecule has 0 bridgehead atoms. The van der Waals surface area contributed by atoms with Crippen LogP contribution in [-0.2, 0) is 19.1 Å². The fourth-order valence-corrected chi connectivity index (χ4v) is 3.81. The number of hydrogen-bond donors (Lipinski definition) is 1. The Morgan fingerprint density at radius 1 is 1.13 bits per heavy atom. The van der Waals surface area contributed by atoms with Crippen LogP contribution in [0.25, 0.3) is 0 Å². The molecular weight excluding hydrogens is 407 g/mol. The summed E-state index contributed by atoms with van der Waals surface area (Å²) in [5, 5.41) is 3.17. The zero-order valence-electron chi connectivity index (χ0n) is 12.4. The number of cyclic esters (lactones) is 1. The Hall–Kier alpha value is -1.67. The van der Waals surface area contributed by atoms with Gasteiger partial charge in [-0.3, -0.25) is 4.79 Å². The quantitative estimate of drug-likeness (QED) is 0.555. The average Bonchev–Trinajstić information content (AvgIpc) is 2.90. The highest BCUT2D eigenvalue weighted by molar-refractivity contribution is 14.1. The van der Waals surface area contributed by atoms with Gasteiger partial charge in [-0.05, 0) is 46.7 Å². The van der Waals surface area contributed by atoms with Gasteiger partial charge in [0.05, 0.1) is 17.9 Å². The number of Topliss-reactive ketones (excluding diaryl/α,β-unsaturated/α-hetero) is 1. The highest BCUT2D eigenvalue weighted by atomic mass is 125. The van der Waals surface area contributed by atoms with Gasteiger partial charge in [0.1, 0.15) is 13.2 Å². The Kier molecular flexibility index (Phi) is 3.53. The number of ether oxygens (including phenoxy) is 2. The molecule has 0 amide bonds. The van der Waals surface area contributed by atoms with E-state index in [0.29, 0.717) is 17.8 Å². The number of dihydropyridines is 1. The van der Waals surface area contributed by atoms with Crippen molar-refractivity contribution in [2.75, 3.05) is 19.8 Å². The van der Waals surface area contributed by atoms with E-state index in [2.05, 4.69) is 27.9 Å². The van der Waals surface area contributed by atoms with Crippen LogP contribution in [0.15, 0.2) is 40.7 Å². The summed E-state index contributed by atoms with van der Waals surface area (Å²) >= 11 is 2.27. The molecule has 0 aromatic heterocycles. The van der Waals surface area contributed by atoms with Crippen LogP contribution in [0, 0.1) is 10.5 Å². The molecule has 118 valence electrons. The standard InChI is InChI=1S/C17H14INO4/c1-8-2-3-9(4-10(8)18)14-15-11(5-22-7-13(15)20)19-12-6-23-17(21)16(12)14/h2-4,14,19H,5-7H2,1H3/t14-/m0/s1/i18-2. The van der Waals surface area contributed by atoms with Crippen LogP contribution in [0.2, 0.25) is 0 Å². The predicted molar refractivity (Wildman–Crippen MR) is 90.6 cm³/mol. The minimum absolute atomic E-state index is 0.0532. The smallest absolute Gasteiger partial charge is 0.337 e. The topological polar surface area (TPSA) is 64.6 Å². The number of carbonyl (C=O) groups excluding carboxylic acids is 2. The maximum atomic E-state index is 12.5. The first-order valence-electron chi connectivity index (χ1n) is 7.33. The van der Waals surface area contributed by atoms with Gasteiger partial charge in [0.25, 0.3) is 0 Å². The fraction of sp³-hybridized carbons (Fsp3) is 0.294. The van der Waals surface area contributed by atoms with Gasteiger partial charge in [0, 0.05) is 20.8 Å². The lowest BCUT2D eigenvalue weighted by Crippen LogP contribution is -2.37. The molecule has 1 atom stereocenters. The van der Waals surface area contributed by atoms with Crippen molar-refractivity contribution < 1.29 is 19.1 Å². The van der Waals surface area contributed by atoms with E-state index in [1.54, 1.807) is 0 Å². The normalized spacial score (nSPS) is 23.5. The molecule has 3 aliphatic rings. The van der Waals surface area contributed by atoms with Crippen LogP contribution in [0.1, 0.15) is 17.0 Å². The van der Waals surface area contributed by atoms with Crippen molar-refractivity contribution in [1.29, 1.82) is 0 Å². The molecule has 4 rings (SSSR count). The van der Waals surface area contributed by atoms with E-state index >= 15 is 0 Å². The predicted octanol–water partition coefficient (Wildman–Crippen LogP) is 1.95. The first-order valence-corrected chi connectivity index (χ1v) is 8.41. The summed E-state index contributed by atoms with van der Waals surface area (Å²) in [6.45, 7) is 2.66. The van der Waals surface area contributed by atoms with Gasteiger partial charge in [-0.1, -0.05) is 12.1 Å². The van der Waals surface area contributed by atoms with Gasteiger partial charge < -0.3 is 14.8 Å². The molecule has 3 aliphatic heterocycles. The van der Waals surface area contributed by atoms with E-state index in [1.807, 2.05) is 25.1 Å². The second kappa shape index (κ2) is 5.45. The van der Waals surface area contributed by atoms with Crippen LogP contribution in [0.5, 0.6) is 0 Å². The van der Waals surface area contributed by atoms with E-state index < -0.39 is 0 Å². The van der Waals surface area contributed by atoms with E-state index in [1.165, 1.54) is 5.56 Å². The van der Waals surface area contributed by atoms with Gasteiger partial charge >= 0.3 is 5.97 Å². The molecule has 0 aliphatic carbocycles. The minimum atomic E-state index is -0.373. The van der Waals surface area contributed by atoms with Gasteiger partial charge in [-0.25, -0.2) is 4.79 Å². The molecular formula is C17H14INO4. The second-order valence-electron chi connectivity index (χ2n) is 5.84. The van der Waals surface area contributed by atoms with Crippen LogP contribution in [0.3, 0.4) is 0 Å². The molecule has 0 saturated carbocycles. The lowest BCUT2D eigenvalue weighted by Gasteiger charge is -2.32. The summed E-state index contributed by atoms with van der Waals surface area (Å²) in [4.78, 5) is 24.7. The largest absolute Gasteiger partial charge is 0.456 e. The SMILES string of the molecule is Cc1ccc([C@H]2C3=C(COCC3=O)NC3=C2C(=O)OC3)cc1[125I]. The summed E-state index contributed by atoms with van der Waals surface area (Å²) in [5.41, 5.74) is 4.79. The van der Waals surface area contributed by atoms with Crippen molar-refractivity contribution in [1.82, 2.24) is 5.32 Å². The van der Waals surface area contributed by atoms with E-state index in [0.717, 1.165) is 20.5 Å². The Labute approximate surface area is 146 Å². The van der Waals surface area contributed by atoms with Crippen molar-refractivity contribution in [2.24, 2.45) is 0 Å². The maximum absolute atomic E-state index is 12.5. The molecule has 0 radical (unpaired) electrons. The number of halogens is 1. The Bertz CT molecular complexity index is 809. The molecule has 1 N–H and O–H groups in total. The molecule has 1 aromatic carbocycles. The molecule has 1 aromatic rings. The Morgan fingerprint density at radius 3 is 2.70 bits per heavy atom. The summed E-state index contributed by atoms with van der Waals surface area (Å²) in [6.07, 6.45) is 0. The number of carbonyl (C=O) groups is 2. The number of aryl methyl sites for hydroxylation is 1. The summed E-state index contributed by atoms with van der Waals surface area (Å²) < 4.78 is 11.6. The second-order valence-corrected chi connectivity index (χ2v) is 7.01. The van der Waals surface area contributed by atoms with Crippen molar-refractivity contribution in [3.05, 3.63) is 55.4 Å². The van der Waals surface area contributed by atoms with Crippen LogP contribution < -0.4 is 5.32 Å². The highest BCUT2D eigenvalue weighted by Gasteiger charge is 2.43. The third kappa shape index (κ3) is 2.31. The Balaban J connectivity index is 1.91. The average molecular weight is 421 g/mol. The zero-order valence-corrected chi connectivity index (χ0v) is 14.6. The van der Waals surface area contributed by atoms with Gasteiger partial charge in [-0.15, -0.1) is 0 Å². The molecule has 6 heteroatoms. The lowest BCUT2D eigenvalue weighted by atomic mass is 9.78. The third-order valence-corrected chi connectivity index (χ3v) is 5.57. The van der Waals surface area contributed by atoms with Crippen molar-refractivity contribution in [2.45, 2.75) is 12.8 Å². The zero-order chi connectivity index (χ0) is 16.1. The summed E-state index contributed by atoms with van der Waals surface area (Å²) in [6, 6.07) is 6.04. The highest BCUT2D eigenvalue weighted by Crippen LogP contribution is 2.42. The number of rotatable bonds is 1. The molecule has 0 spiro atoms. The van der Waals surface area contributed by atoms with Crippen LogP contribution >= 0.6 is 22.6 Å². The molecule has 3 heterocycles. The van der Waals surface area contributed by atoms with Crippen molar-refractivity contribution in [3.63, 3.8) is 0 Å². The van der Waals surface area contributed by atoms with Crippen LogP contribution in [-0.4, -0.2) is 31.6 Å². The minimum Gasteiger partial charge on any atom is -0.456 e. The van der Waals surface area contributed by atoms with E-state index in [4.69, 9.17) is 9.47 Å². The van der Waals surface area contributed by atoms with Gasteiger partial charge in [0.2, 0.25) is 0 Å². The number of hydrogen-bond acceptors (Lipinski definition) is 5. The van der Waals surface area contributed by atoms with Gasteiger partial charge in [0.15, 0.2) is 5.78 Å². The van der Waals surface area contributed by atoms with Crippen molar-refractivity contribution in [3.8, 4) is 0 Å². The van der Waals surface area contributed by atoms with Crippen molar-refractivity contribution >= 4 is 34.3 Å². The summed E-state index contributed by atoms with van der Waals surface area (Å²) in [5.74, 6) is -0.800. The number of ketones is 1. The Morgan fingerprint density at radius 2 is 1.91 bits per heavy atom. The number of nitrogens with one attached hydrogen (secondary N) is 1. The summed E-state index contributed by atoms with van der Waals surface area (Å²) in [7, 11) is 0. The third-order valence-electron chi connectivity index (χ3n) is 4.41. The molecule has 0 fully saturated rings. The molecule has 5 nitrogen and oxygen atoms in total. The monoisotopic (exact) mass is 421 g/mol. The fourth-order valence-electron chi connectivity index (χ4n) is 3.27. The van der Waals surface area contributed by atoms with E-state index in [9.17, 15) is 9.59 Å². The lowest BCUT2D eigenvalue weighted by molar-refractivity contribution is -0.136. The first-order chi connectivity index (χ1) is 11.1. The van der Waals surface area contributed by atoms with Crippen LogP contribution in [0.4, 0.5) is 0 Å². The molecule has 0 saturated heterocycles. The van der Waals surface area contributed by atoms with Gasteiger partial charge in [-0.2, -0.15) is 0 Å². The number of esters is 1. The first kappa shape index (κ1) is 14.9. The van der Waals surface area contributed by atoms with E-state index in [-0.39, 0.29) is 30.9 Å².